The number of hydrogen-bond acceptors (Lipinski definition) is 2. The average molecular weight is 183 g/mol. The molecular weight excluding hydrogens is 162 g/mol. The van der Waals surface area contributed by atoms with Crippen molar-refractivity contribution in [2.75, 3.05) is 7.11 Å². The van der Waals surface area contributed by atoms with E-state index in [1.54, 1.807) is 0 Å². The summed E-state index contributed by atoms with van der Waals surface area (Å²) < 4.78 is 5.32. The van der Waals surface area contributed by atoms with Crippen LogP contribution >= 0.6 is 0 Å². The van der Waals surface area contributed by atoms with Crippen molar-refractivity contribution in [2.24, 2.45) is 0 Å². The van der Waals surface area contributed by atoms with Gasteiger partial charge in [-0.1, -0.05) is 6.08 Å². The van der Waals surface area contributed by atoms with Gasteiger partial charge in [0.2, 0.25) is 0 Å². The van der Waals surface area contributed by atoms with Crippen LogP contribution in [-0.4, -0.2) is 25.3 Å². The largest absolute Gasteiger partial charge is 0.381 e. The van der Waals surface area contributed by atoms with Crippen molar-refractivity contribution in [1.82, 2.24) is 5.32 Å². The topological polar surface area (TPSA) is 21.3 Å². The van der Waals surface area contributed by atoms with E-state index in [4.69, 9.17) is 4.74 Å². The van der Waals surface area contributed by atoms with E-state index in [0.29, 0.717) is 18.2 Å². The third-order valence-electron chi connectivity index (χ3n) is 2.86. The quantitative estimate of drug-likeness (QED) is 0.674. The summed E-state index contributed by atoms with van der Waals surface area (Å²) in [6.45, 7) is 5.92. The highest BCUT2D eigenvalue weighted by molar-refractivity contribution is 4.86. The molecule has 1 saturated carbocycles. The summed E-state index contributed by atoms with van der Waals surface area (Å²) in [6, 6.07) is 1.10. The molecule has 1 rings (SSSR count). The summed E-state index contributed by atoms with van der Waals surface area (Å²) in [5.74, 6) is 0. The molecule has 13 heavy (non-hydrogen) atoms. The molecule has 1 unspecified atom stereocenters. The maximum Gasteiger partial charge on any atom is 0.0572 e. The van der Waals surface area contributed by atoms with Gasteiger partial charge in [0.1, 0.15) is 0 Å². The Labute approximate surface area is 81.4 Å². The molecule has 1 N–H and O–H groups in total. The van der Waals surface area contributed by atoms with Crippen molar-refractivity contribution in [1.29, 1.82) is 0 Å². The number of hydrogen-bond donors (Lipinski definition) is 1. The van der Waals surface area contributed by atoms with Crippen LogP contribution in [0.4, 0.5) is 0 Å². The third-order valence-corrected chi connectivity index (χ3v) is 2.86. The Balaban J connectivity index is 2.21. The Hall–Kier alpha value is -0.340. The molecule has 0 bridgehead atoms. The van der Waals surface area contributed by atoms with Gasteiger partial charge >= 0.3 is 0 Å². The first-order chi connectivity index (χ1) is 6.26. The minimum atomic E-state index is 0.434. The predicted octanol–water partition coefficient (Wildman–Crippen LogP) is 2.11. The number of rotatable bonds is 4. The maximum atomic E-state index is 5.32. The molecule has 1 aliphatic rings. The van der Waals surface area contributed by atoms with Crippen LogP contribution in [-0.2, 0) is 4.74 Å². The lowest BCUT2D eigenvalue weighted by molar-refractivity contribution is 0.0620. The molecule has 0 aromatic rings. The summed E-state index contributed by atoms with van der Waals surface area (Å²) in [4.78, 5) is 0. The molecule has 0 radical (unpaired) electrons. The predicted molar refractivity (Wildman–Crippen MR) is 55.8 cm³/mol. The fraction of sp³-hybridized carbons (Fsp3) is 0.818. The Kier molecular flexibility index (Phi) is 4.46. The van der Waals surface area contributed by atoms with Crippen LogP contribution in [0.5, 0.6) is 0 Å². The van der Waals surface area contributed by atoms with Gasteiger partial charge in [0.25, 0.3) is 0 Å². The Morgan fingerprint density at radius 2 is 2.00 bits per heavy atom. The monoisotopic (exact) mass is 183 g/mol. The molecule has 0 aromatic carbocycles. The highest BCUT2D eigenvalue weighted by atomic mass is 16.5. The van der Waals surface area contributed by atoms with Crippen LogP contribution in [0.15, 0.2) is 12.7 Å². The molecule has 1 atom stereocenters. The zero-order chi connectivity index (χ0) is 9.68. The van der Waals surface area contributed by atoms with Gasteiger partial charge in [0.15, 0.2) is 0 Å². The fourth-order valence-electron chi connectivity index (χ4n) is 1.91. The molecule has 2 heteroatoms. The lowest BCUT2D eigenvalue weighted by atomic mass is 9.92. The van der Waals surface area contributed by atoms with Crippen molar-refractivity contribution in [3.8, 4) is 0 Å². The van der Waals surface area contributed by atoms with E-state index in [0.717, 1.165) is 0 Å². The second kappa shape index (κ2) is 5.40. The van der Waals surface area contributed by atoms with E-state index in [1.165, 1.54) is 25.7 Å². The normalized spacial score (nSPS) is 31.2. The van der Waals surface area contributed by atoms with E-state index in [9.17, 15) is 0 Å². The standard InChI is InChI=1S/C11H21NO/c1-4-9(2)12-10-5-7-11(13-3)8-6-10/h4,9-12H,1,5-8H2,2-3H3. The van der Waals surface area contributed by atoms with Crippen LogP contribution < -0.4 is 5.32 Å². The van der Waals surface area contributed by atoms with E-state index in [-0.39, 0.29) is 0 Å². The van der Waals surface area contributed by atoms with E-state index in [2.05, 4.69) is 18.8 Å². The van der Waals surface area contributed by atoms with E-state index < -0.39 is 0 Å². The van der Waals surface area contributed by atoms with Crippen molar-refractivity contribution >= 4 is 0 Å². The molecule has 0 aliphatic heterocycles. The molecule has 1 aliphatic carbocycles. The van der Waals surface area contributed by atoms with E-state index >= 15 is 0 Å². The molecule has 0 amide bonds. The summed E-state index contributed by atoms with van der Waals surface area (Å²) in [5, 5.41) is 3.54. The van der Waals surface area contributed by atoms with Gasteiger partial charge in [-0.3, -0.25) is 0 Å². The van der Waals surface area contributed by atoms with E-state index in [1.807, 2.05) is 13.2 Å². The highest BCUT2D eigenvalue weighted by Gasteiger charge is 2.20. The van der Waals surface area contributed by atoms with Gasteiger partial charge in [-0.2, -0.15) is 0 Å². The second-order valence-electron chi connectivity index (χ2n) is 3.90. The van der Waals surface area contributed by atoms with Gasteiger partial charge in [-0.25, -0.2) is 0 Å². The van der Waals surface area contributed by atoms with Gasteiger partial charge in [0.05, 0.1) is 6.10 Å². The van der Waals surface area contributed by atoms with Crippen molar-refractivity contribution < 1.29 is 4.74 Å². The first-order valence-corrected chi connectivity index (χ1v) is 5.17. The molecule has 0 saturated heterocycles. The highest BCUT2D eigenvalue weighted by Crippen LogP contribution is 2.20. The number of nitrogens with one attached hydrogen (secondary N) is 1. The van der Waals surface area contributed by atoms with Gasteiger partial charge in [-0.05, 0) is 32.6 Å². The van der Waals surface area contributed by atoms with Crippen LogP contribution in [0, 0.1) is 0 Å². The lowest BCUT2D eigenvalue weighted by Gasteiger charge is -2.29. The number of methoxy groups -OCH3 is 1. The summed E-state index contributed by atoms with van der Waals surface area (Å²) in [6.07, 6.45) is 7.31. The SMILES string of the molecule is C=CC(C)NC1CCC(OC)CC1. The zero-order valence-electron chi connectivity index (χ0n) is 8.75. The van der Waals surface area contributed by atoms with Crippen molar-refractivity contribution in [3.63, 3.8) is 0 Å². The molecule has 76 valence electrons. The first kappa shape index (κ1) is 10.7. The Morgan fingerprint density at radius 3 is 2.46 bits per heavy atom. The van der Waals surface area contributed by atoms with Crippen LogP contribution in [0.1, 0.15) is 32.6 Å². The molecule has 0 aromatic heterocycles. The minimum Gasteiger partial charge on any atom is -0.381 e. The molecule has 2 nitrogen and oxygen atoms in total. The van der Waals surface area contributed by atoms with Crippen molar-refractivity contribution in [2.45, 2.75) is 50.8 Å². The van der Waals surface area contributed by atoms with Gasteiger partial charge in [-0.15, -0.1) is 6.58 Å². The van der Waals surface area contributed by atoms with Crippen LogP contribution in [0.2, 0.25) is 0 Å². The van der Waals surface area contributed by atoms with Gasteiger partial charge < -0.3 is 10.1 Å². The first-order valence-electron chi connectivity index (χ1n) is 5.17. The molecular formula is C11H21NO. The van der Waals surface area contributed by atoms with Crippen molar-refractivity contribution in [3.05, 3.63) is 12.7 Å². The average Bonchev–Trinajstić information content (AvgIpc) is 2.19. The Bertz CT molecular complexity index is 150. The minimum absolute atomic E-state index is 0.434. The fourth-order valence-corrected chi connectivity index (χ4v) is 1.91. The summed E-state index contributed by atoms with van der Waals surface area (Å²) >= 11 is 0. The van der Waals surface area contributed by atoms with Crippen LogP contribution in [0.3, 0.4) is 0 Å². The second-order valence-corrected chi connectivity index (χ2v) is 3.90. The Morgan fingerprint density at radius 1 is 1.38 bits per heavy atom. The van der Waals surface area contributed by atoms with Gasteiger partial charge in [0, 0.05) is 19.2 Å². The molecule has 0 heterocycles. The summed E-state index contributed by atoms with van der Waals surface area (Å²) in [7, 11) is 1.81. The smallest absolute Gasteiger partial charge is 0.0572 e. The molecule has 1 fully saturated rings. The lowest BCUT2D eigenvalue weighted by Crippen LogP contribution is -2.39. The third kappa shape index (κ3) is 3.49. The maximum absolute atomic E-state index is 5.32. The number of ether oxygens (including phenoxy) is 1. The zero-order valence-corrected chi connectivity index (χ0v) is 8.75. The summed E-state index contributed by atoms with van der Waals surface area (Å²) in [5.41, 5.74) is 0. The molecule has 0 spiro atoms. The van der Waals surface area contributed by atoms with Crippen LogP contribution in [0.25, 0.3) is 0 Å².